The molecule has 1 aliphatic heterocycles. The van der Waals surface area contributed by atoms with Crippen molar-refractivity contribution in [3.05, 3.63) is 52.3 Å². The van der Waals surface area contributed by atoms with Gasteiger partial charge in [-0.05, 0) is 45.7 Å². The molecule has 7 nitrogen and oxygen atoms in total. The first-order chi connectivity index (χ1) is 14.5. The molecule has 31 heavy (non-hydrogen) atoms. The van der Waals surface area contributed by atoms with Gasteiger partial charge in [-0.15, -0.1) is 0 Å². The standard InChI is InChI=1S/C24H30N2O5/c1-14-7-9-16(10-8-14)20-17-13-26(23(29)30-6)12-11-18(17)25-15(2)19(20)21(22(27)28)31-24(3,4)5/h7-10,21H,11-13H2,1-6H3,(H,27,28). The van der Waals surface area contributed by atoms with Crippen LogP contribution in [0.5, 0.6) is 0 Å². The number of hydrogen-bond donors (Lipinski definition) is 1. The van der Waals surface area contributed by atoms with Crippen molar-refractivity contribution in [2.24, 2.45) is 0 Å². The number of rotatable bonds is 4. The molecule has 0 aliphatic carbocycles. The number of carbonyl (C=O) groups excluding carboxylic acids is 1. The number of aromatic nitrogens is 1. The van der Waals surface area contributed by atoms with E-state index in [9.17, 15) is 14.7 Å². The quantitative estimate of drug-likeness (QED) is 0.778. The number of benzene rings is 1. The van der Waals surface area contributed by atoms with E-state index in [1.165, 1.54) is 7.11 Å². The number of nitrogens with zero attached hydrogens (tertiary/aromatic N) is 2. The van der Waals surface area contributed by atoms with Crippen molar-refractivity contribution >= 4 is 12.1 Å². The number of carbonyl (C=O) groups is 2. The maximum absolute atomic E-state index is 12.3. The van der Waals surface area contributed by atoms with Gasteiger partial charge in [-0.3, -0.25) is 4.98 Å². The predicted molar refractivity (Wildman–Crippen MR) is 117 cm³/mol. The summed E-state index contributed by atoms with van der Waals surface area (Å²) in [6.07, 6.45) is -1.03. The summed E-state index contributed by atoms with van der Waals surface area (Å²) in [6.45, 7) is 10.1. The van der Waals surface area contributed by atoms with Crippen LogP contribution >= 0.6 is 0 Å². The van der Waals surface area contributed by atoms with Crippen molar-refractivity contribution in [1.29, 1.82) is 0 Å². The first kappa shape index (κ1) is 22.7. The van der Waals surface area contributed by atoms with Gasteiger partial charge in [0, 0.05) is 35.5 Å². The number of methoxy groups -OCH3 is 1. The van der Waals surface area contributed by atoms with E-state index in [1.54, 1.807) is 4.90 Å². The van der Waals surface area contributed by atoms with Crippen LogP contribution in [0.15, 0.2) is 24.3 Å². The Balaban J connectivity index is 2.28. The topological polar surface area (TPSA) is 89.0 Å². The summed E-state index contributed by atoms with van der Waals surface area (Å²) < 4.78 is 10.9. The van der Waals surface area contributed by atoms with E-state index in [0.717, 1.165) is 27.9 Å². The summed E-state index contributed by atoms with van der Waals surface area (Å²) in [4.78, 5) is 30.9. The number of pyridine rings is 1. The molecule has 1 atom stereocenters. The molecule has 0 bridgehead atoms. The zero-order valence-electron chi connectivity index (χ0n) is 19.0. The molecule has 2 heterocycles. The van der Waals surface area contributed by atoms with Gasteiger partial charge in [0.05, 0.1) is 19.3 Å². The van der Waals surface area contributed by atoms with Crippen molar-refractivity contribution in [2.45, 2.75) is 59.3 Å². The van der Waals surface area contributed by atoms with E-state index in [0.29, 0.717) is 30.8 Å². The highest BCUT2D eigenvalue weighted by Gasteiger charge is 2.35. The zero-order chi connectivity index (χ0) is 22.9. The van der Waals surface area contributed by atoms with E-state index in [1.807, 2.05) is 58.9 Å². The number of ether oxygens (including phenoxy) is 2. The summed E-state index contributed by atoms with van der Waals surface area (Å²) in [7, 11) is 1.36. The number of aryl methyl sites for hydroxylation is 2. The van der Waals surface area contributed by atoms with E-state index in [-0.39, 0.29) is 0 Å². The van der Waals surface area contributed by atoms with E-state index < -0.39 is 23.8 Å². The van der Waals surface area contributed by atoms with Crippen LogP contribution in [-0.2, 0) is 27.2 Å². The predicted octanol–water partition coefficient (Wildman–Crippen LogP) is 4.43. The van der Waals surface area contributed by atoms with Gasteiger partial charge in [0.15, 0.2) is 6.10 Å². The zero-order valence-corrected chi connectivity index (χ0v) is 19.0. The maximum Gasteiger partial charge on any atom is 0.409 e. The van der Waals surface area contributed by atoms with Crippen LogP contribution in [-0.4, -0.2) is 46.3 Å². The summed E-state index contributed by atoms with van der Waals surface area (Å²) in [5, 5.41) is 10.1. The highest BCUT2D eigenvalue weighted by Crippen LogP contribution is 2.40. The molecule has 7 heteroatoms. The van der Waals surface area contributed by atoms with Crippen LogP contribution in [0.4, 0.5) is 4.79 Å². The van der Waals surface area contributed by atoms with Crippen molar-refractivity contribution in [3.8, 4) is 11.1 Å². The maximum atomic E-state index is 12.3. The fourth-order valence-corrected chi connectivity index (χ4v) is 3.95. The van der Waals surface area contributed by atoms with Crippen molar-refractivity contribution in [2.75, 3.05) is 13.7 Å². The number of hydrogen-bond acceptors (Lipinski definition) is 5. The van der Waals surface area contributed by atoms with Crippen LogP contribution in [0, 0.1) is 13.8 Å². The molecule has 0 radical (unpaired) electrons. The summed E-state index contributed by atoms with van der Waals surface area (Å²) in [6, 6.07) is 7.92. The van der Waals surface area contributed by atoms with Crippen LogP contribution in [0.1, 0.15) is 55.0 Å². The van der Waals surface area contributed by atoms with Gasteiger partial charge in [-0.1, -0.05) is 29.8 Å². The molecular weight excluding hydrogens is 396 g/mol. The number of carboxylic acids is 1. The second kappa shape index (κ2) is 8.67. The van der Waals surface area contributed by atoms with Crippen molar-refractivity contribution < 1.29 is 24.2 Å². The monoisotopic (exact) mass is 426 g/mol. The third-order valence-corrected chi connectivity index (χ3v) is 5.31. The summed E-state index contributed by atoms with van der Waals surface area (Å²) in [5.74, 6) is -1.08. The number of aliphatic carboxylic acids is 1. The molecule has 1 aromatic carbocycles. The number of carboxylic acid groups (broad SMARTS) is 1. The lowest BCUT2D eigenvalue weighted by Crippen LogP contribution is -2.37. The molecule has 2 aromatic rings. The molecule has 166 valence electrons. The fraction of sp³-hybridized carbons (Fsp3) is 0.458. The van der Waals surface area contributed by atoms with Crippen LogP contribution in [0.2, 0.25) is 0 Å². The molecule has 1 aliphatic rings. The molecule has 0 fully saturated rings. The first-order valence-electron chi connectivity index (χ1n) is 10.3. The Hall–Kier alpha value is -2.93. The Morgan fingerprint density at radius 2 is 1.81 bits per heavy atom. The fourth-order valence-electron chi connectivity index (χ4n) is 3.95. The van der Waals surface area contributed by atoms with Gasteiger partial charge in [-0.2, -0.15) is 0 Å². The third kappa shape index (κ3) is 4.88. The molecule has 1 N–H and O–H groups in total. The van der Waals surface area contributed by atoms with E-state index in [4.69, 9.17) is 14.5 Å². The van der Waals surface area contributed by atoms with Gasteiger partial charge in [0.25, 0.3) is 0 Å². The minimum absolute atomic E-state index is 0.299. The first-order valence-corrected chi connectivity index (χ1v) is 10.3. The van der Waals surface area contributed by atoms with Crippen molar-refractivity contribution in [3.63, 3.8) is 0 Å². The van der Waals surface area contributed by atoms with Crippen LogP contribution < -0.4 is 0 Å². The smallest absolute Gasteiger partial charge is 0.409 e. The molecule has 0 saturated carbocycles. The van der Waals surface area contributed by atoms with Crippen molar-refractivity contribution in [1.82, 2.24) is 9.88 Å². The van der Waals surface area contributed by atoms with Gasteiger partial charge < -0.3 is 19.5 Å². The molecule has 1 aromatic heterocycles. The SMILES string of the molecule is COC(=O)N1CCc2nc(C)c(C(OC(C)(C)C)C(=O)O)c(-c3ccc(C)cc3)c2C1. The Morgan fingerprint density at radius 1 is 1.16 bits per heavy atom. The van der Waals surface area contributed by atoms with Gasteiger partial charge in [-0.25, -0.2) is 9.59 Å². The minimum atomic E-state index is -1.19. The van der Waals surface area contributed by atoms with Gasteiger partial charge in [0.1, 0.15) is 0 Å². The average Bonchev–Trinajstić information content (AvgIpc) is 2.70. The summed E-state index contributed by atoms with van der Waals surface area (Å²) >= 11 is 0. The van der Waals surface area contributed by atoms with Gasteiger partial charge in [0.2, 0.25) is 0 Å². The largest absolute Gasteiger partial charge is 0.479 e. The normalized spacial score (nSPS) is 14.7. The summed E-state index contributed by atoms with van der Waals surface area (Å²) in [5.41, 5.74) is 4.93. The minimum Gasteiger partial charge on any atom is -0.479 e. The Morgan fingerprint density at radius 3 is 2.35 bits per heavy atom. The molecule has 0 spiro atoms. The van der Waals surface area contributed by atoms with Crippen LogP contribution in [0.3, 0.4) is 0 Å². The van der Waals surface area contributed by atoms with Gasteiger partial charge >= 0.3 is 12.1 Å². The lowest BCUT2D eigenvalue weighted by atomic mass is 9.87. The molecule has 1 amide bonds. The average molecular weight is 427 g/mol. The second-order valence-corrected chi connectivity index (χ2v) is 8.87. The Kier molecular flexibility index (Phi) is 6.36. The molecular formula is C24H30N2O5. The highest BCUT2D eigenvalue weighted by molar-refractivity contribution is 5.83. The third-order valence-electron chi connectivity index (χ3n) is 5.31. The molecule has 3 rings (SSSR count). The highest BCUT2D eigenvalue weighted by atomic mass is 16.5. The molecule has 0 saturated heterocycles. The lowest BCUT2D eigenvalue weighted by molar-refractivity contribution is -0.160. The second-order valence-electron chi connectivity index (χ2n) is 8.87. The van der Waals surface area contributed by atoms with E-state index in [2.05, 4.69) is 0 Å². The lowest BCUT2D eigenvalue weighted by Gasteiger charge is -2.33. The number of amides is 1. The van der Waals surface area contributed by atoms with E-state index >= 15 is 0 Å². The number of fused-ring (bicyclic) bond motifs is 1. The Labute approximate surface area is 183 Å². The van der Waals surface area contributed by atoms with Crippen LogP contribution in [0.25, 0.3) is 11.1 Å². The Bertz CT molecular complexity index is 993. The molecule has 1 unspecified atom stereocenters.